The van der Waals surface area contributed by atoms with Crippen LogP contribution in [0, 0.1) is 6.92 Å². The first-order valence-electron chi connectivity index (χ1n) is 7.57. The lowest BCUT2D eigenvalue weighted by atomic mass is 9.86. The highest BCUT2D eigenvalue weighted by Gasteiger charge is 2.25. The number of aromatic nitrogens is 2. The zero-order valence-corrected chi connectivity index (χ0v) is 12.9. The van der Waals surface area contributed by atoms with Gasteiger partial charge in [0.25, 0.3) is 11.8 Å². The van der Waals surface area contributed by atoms with Crippen LogP contribution < -0.4 is 11.1 Å². The average molecular weight is 310 g/mol. The van der Waals surface area contributed by atoms with Crippen molar-refractivity contribution in [1.29, 1.82) is 0 Å². The van der Waals surface area contributed by atoms with Gasteiger partial charge in [0.1, 0.15) is 0 Å². The number of nitrogens with one attached hydrogen (secondary N) is 1. The minimum absolute atomic E-state index is 0.0280. The Bertz CT molecular complexity index is 773. The molecule has 3 rings (SSSR count). The minimum atomic E-state index is -0.761. The van der Waals surface area contributed by atoms with Crippen molar-refractivity contribution in [2.24, 2.45) is 5.73 Å². The van der Waals surface area contributed by atoms with Gasteiger partial charge in [0.05, 0.1) is 6.04 Å². The Morgan fingerprint density at radius 1 is 1.22 bits per heavy atom. The molecule has 1 aromatic heterocycles. The zero-order chi connectivity index (χ0) is 16.4. The summed E-state index contributed by atoms with van der Waals surface area (Å²) >= 11 is 0. The first-order valence-corrected chi connectivity index (χ1v) is 7.57. The van der Waals surface area contributed by atoms with E-state index < -0.39 is 11.8 Å². The second kappa shape index (κ2) is 6.16. The fraction of sp³-hybridized carbons (Fsp3) is 0.294. The number of benzene rings is 1. The molecule has 0 radical (unpaired) electrons. The van der Waals surface area contributed by atoms with Gasteiger partial charge in [-0.05, 0) is 37.3 Å². The van der Waals surface area contributed by atoms with Crippen LogP contribution in [0.3, 0.4) is 0 Å². The summed E-state index contributed by atoms with van der Waals surface area (Å²) in [5.74, 6) is -1.19. The molecule has 0 spiro atoms. The number of fused-ring (bicyclic) bond motifs is 1. The predicted octanol–water partition coefficient (Wildman–Crippen LogP) is 1.69. The van der Waals surface area contributed by atoms with Gasteiger partial charge in [-0.25, -0.2) is 9.97 Å². The Labute approximate surface area is 134 Å². The third-order valence-corrected chi connectivity index (χ3v) is 4.07. The van der Waals surface area contributed by atoms with E-state index >= 15 is 0 Å². The van der Waals surface area contributed by atoms with Crippen LogP contribution in [0.15, 0.2) is 30.6 Å². The summed E-state index contributed by atoms with van der Waals surface area (Å²) < 4.78 is 0. The molecule has 0 aliphatic heterocycles. The van der Waals surface area contributed by atoms with Gasteiger partial charge >= 0.3 is 0 Å². The summed E-state index contributed by atoms with van der Waals surface area (Å²) in [5.41, 5.74) is 8.67. The Hall–Kier alpha value is -2.76. The lowest BCUT2D eigenvalue weighted by Gasteiger charge is -2.26. The molecule has 0 saturated carbocycles. The van der Waals surface area contributed by atoms with E-state index in [1.54, 1.807) is 0 Å². The van der Waals surface area contributed by atoms with Crippen molar-refractivity contribution in [2.75, 3.05) is 0 Å². The molecule has 2 aromatic rings. The number of carbonyl (C=O) groups is 2. The van der Waals surface area contributed by atoms with Crippen molar-refractivity contribution in [1.82, 2.24) is 15.3 Å². The molecule has 2 amide bonds. The van der Waals surface area contributed by atoms with Crippen LogP contribution in [0.2, 0.25) is 0 Å². The average Bonchev–Trinajstić information content (AvgIpc) is 2.55. The van der Waals surface area contributed by atoms with Crippen LogP contribution in [0.5, 0.6) is 0 Å². The monoisotopic (exact) mass is 310 g/mol. The Morgan fingerprint density at radius 3 is 2.70 bits per heavy atom. The van der Waals surface area contributed by atoms with Gasteiger partial charge in [-0.15, -0.1) is 0 Å². The molecule has 0 fully saturated rings. The standard InChI is InChI=1S/C17H18N4O2/c1-10-5-6-11-3-2-4-13(12(11)9-10)21-17(23)15-14(16(18)22)19-7-8-20-15/h5-9,13H,2-4H2,1H3,(H2,18,22)(H,21,23). The topological polar surface area (TPSA) is 98.0 Å². The van der Waals surface area contributed by atoms with Gasteiger partial charge in [0, 0.05) is 12.4 Å². The fourth-order valence-corrected chi connectivity index (χ4v) is 2.98. The summed E-state index contributed by atoms with van der Waals surface area (Å²) in [5, 5.41) is 2.96. The molecule has 1 aromatic carbocycles. The van der Waals surface area contributed by atoms with Crippen molar-refractivity contribution in [3.05, 3.63) is 58.7 Å². The molecule has 1 atom stereocenters. The molecule has 0 bridgehead atoms. The Balaban J connectivity index is 1.88. The van der Waals surface area contributed by atoms with Crippen molar-refractivity contribution < 1.29 is 9.59 Å². The molecule has 6 nitrogen and oxygen atoms in total. The molecule has 118 valence electrons. The molecule has 23 heavy (non-hydrogen) atoms. The molecule has 1 aliphatic carbocycles. The number of nitrogens with two attached hydrogens (primary N) is 1. The number of amides is 2. The molecular weight excluding hydrogens is 292 g/mol. The predicted molar refractivity (Wildman–Crippen MR) is 84.9 cm³/mol. The third kappa shape index (κ3) is 3.06. The van der Waals surface area contributed by atoms with E-state index in [1.165, 1.54) is 18.0 Å². The number of rotatable bonds is 3. The zero-order valence-electron chi connectivity index (χ0n) is 12.9. The van der Waals surface area contributed by atoms with Crippen LogP contribution >= 0.6 is 0 Å². The highest BCUT2D eigenvalue weighted by Crippen LogP contribution is 2.30. The van der Waals surface area contributed by atoms with Crippen molar-refractivity contribution in [3.63, 3.8) is 0 Å². The lowest BCUT2D eigenvalue weighted by molar-refractivity contribution is 0.0911. The molecule has 1 unspecified atom stereocenters. The molecule has 1 heterocycles. The first kappa shape index (κ1) is 15.1. The van der Waals surface area contributed by atoms with Crippen LogP contribution in [0.4, 0.5) is 0 Å². The van der Waals surface area contributed by atoms with Crippen LogP contribution in [0.1, 0.15) is 56.6 Å². The largest absolute Gasteiger partial charge is 0.364 e. The number of hydrogen-bond acceptors (Lipinski definition) is 4. The van der Waals surface area contributed by atoms with Crippen LogP contribution in [0.25, 0.3) is 0 Å². The third-order valence-electron chi connectivity index (χ3n) is 4.07. The second-order valence-corrected chi connectivity index (χ2v) is 5.74. The second-order valence-electron chi connectivity index (χ2n) is 5.74. The summed E-state index contributed by atoms with van der Waals surface area (Å²) in [4.78, 5) is 31.7. The summed E-state index contributed by atoms with van der Waals surface area (Å²) in [6.07, 6.45) is 5.59. The maximum atomic E-state index is 12.5. The van der Waals surface area contributed by atoms with E-state index in [-0.39, 0.29) is 17.4 Å². The number of aryl methyl sites for hydroxylation is 2. The van der Waals surface area contributed by atoms with Gasteiger partial charge < -0.3 is 11.1 Å². The lowest BCUT2D eigenvalue weighted by Crippen LogP contribution is -2.33. The maximum Gasteiger partial charge on any atom is 0.272 e. The minimum Gasteiger partial charge on any atom is -0.364 e. The highest BCUT2D eigenvalue weighted by atomic mass is 16.2. The van der Waals surface area contributed by atoms with Crippen molar-refractivity contribution >= 4 is 11.8 Å². The SMILES string of the molecule is Cc1ccc2c(c1)C(NC(=O)c1nccnc1C(N)=O)CCC2. The quantitative estimate of drug-likeness (QED) is 0.901. The van der Waals surface area contributed by atoms with Gasteiger partial charge in [-0.1, -0.05) is 23.8 Å². The first-order chi connectivity index (χ1) is 11.1. The van der Waals surface area contributed by atoms with Gasteiger partial charge in [0.2, 0.25) is 0 Å². The number of primary amides is 1. The number of nitrogens with zero attached hydrogens (tertiary/aromatic N) is 2. The van der Waals surface area contributed by atoms with Gasteiger partial charge in [-0.2, -0.15) is 0 Å². The summed E-state index contributed by atoms with van der Waals surface area (Å²) in [7, 11) is 0. The van der Waals surface area contributed by atoms with Crippen molar-refractivity contribution in [3.8, 4) is 0 Å². The molecular formula is C17H18N4O2. The Morgan fingerprint density at radius 2 is 1.96 bits per heavy atom. The summed E-state index contributed by atoms with van der Waals surface area (Å²) in [6, 6.07) is 6.20. The number of hydrogen-bond donors (Lipinski definition) is 2. The van der Waals surface area contributed by atoms with E-state index in [2.05, 4.69) is 33.5 Å². The van der Waals surface area contributed by atoms with E-state index in [4.69, 9.17) is 5.73 Å². The number of carbonyl (C=O) groups excluding carboxylic acids is 2. The Kier molecular flexibility index (Phi) is 4.06. The molecule has 6 heteroatoms. The van der Waals surface area contributed by atoms with Crippen LogP contribution in [-0.4, -0.2) is 21.8 Å². The van der Waals surface area contributed by atoms with Gasteiger partial charge in [-0.3, -0.25) is 9.59 Å². The van der Waals surface area contributed by atoms with Crippen molar-refractivity contribution in [2.45, 2.75) is 32.2 Å². The summed E-state index contributed by atoms with van der Waals surface area (Å²) in [6.45, 7) is 2.03. The normalized spacial score (nSPS) is 16.5. The smallest absolute Gasteiger partial charge is 0.272 e. The molecule has 3 N–H and O–H groups in total. The fourth-order valence-electron chi connectivity index (χ4n) is 2.98. The van der Waals surface area contributed by atoms with E-state index in [0.29, 0.717) is 0 Å². The molecule has 1 aliphatic rings. The van der Waals surface area contributed by atoms with E-state index in [1.807, 2.05) is 6.92 Å². The maximum absolute atomic E-state index is 12.5. The molecule has 0 saturated heterocycles. The van der Waals surface area contributed by atoms with E-state index in [9.17, 15) is 9.59 Å². The van der Waals surface area contributed by atoms with E-state index in [0.717, 1.165) is 30.4 Å². The van der Waals surface area contributed by atoms with Crippen LogP contribution in [-0.2, 0) is 6.42 Å². The highest BCUT2D eigenvalue weighted by molar-refractivity contribution is 6.04. The van der Waals surface area contributed by atoms with Gasteiger partial charge in [0.15, 0.2) is 11.4 Å².